The van der Waals surface area contributed by atoms with Gasteiger partial charge in [0.1, 0.15) is 0 Å². The van der Waals surface area contributed by atoms with E-state index in [9.17, 15) is 0 Å². The number of hydrogen-bond donors (Lipinski definition) is 0. The molecule has 6 rings (SSSR count). The molecule has 0 N–H and O–H groups in total. The molecular formula is C38H40Cl2HfP2. The largest absolute Gasteiger partial charge is 4.00 e. The van der Waals surface area contributed by atoms with Gasteiger partial charge in [0.2, 0.25) is 0 Å². The van der Waals surface area contributed by atoms with Crippen molar-refractivity contribution >= 4 is 58.6 Å². The summed E-state index contributed by atoms with van der Waals surface area (Å²) in [6.07, 6.45) is 0. The van der Waals surface area contributed by atoms with Crippen LogP contribution in [0.25, 0.3) is 21.5 Å². The number of benzene rings is 4. The van der Waals surface area contributed by atoms with E-state index in [-0.39, 0.29) is 58.6 Å². The SMILES string of the molecule is CC(C)(C)P(c1cc2ccccc2[cH-]1)C(C)(C)C.[Cl-].[Cl-].[Hf+4].c1ccc(P(c2ccccc2)c2cc3ccccc3[cH-]2)cc1. The van der Waals surface area contributed by atoms with E-state index in [1.807, 2.05) is 0 Å². The summed E-state index contributed by atoms with van der Waals surface area (Å²) in [4.78, 5) is 0. The number of halogens is 2. The van der Waals surface area contributed by atoms with E-state index < -0.39 is 7.92 Å². The van der Waals surface area contributed by atoms with Crippen molar-refractivity contribution in [3.63, 3.8) is 0 Å². The fraction of sp³-hybridized carbons (Fsp3) is 0.211. The van der Waals surface area contributed by atoms with Gasteiger partial charge >= 0.3 is 25.8 Å². The second kappa shape index (κ2) is 16.1. The summed E-state index contributed by atoms with van der Waals surface area (Å²) in [6.45, 7) is 14.3. The molecule has 43 heavy (non-hydrogen) atoms. The average Bonchev–Trinajstić information content (AvgIpc) is 3.52. The first kappa shape index (κ1) is 37.6. The summed E-state index contributed by atoms with van der Waals surface area (Å²) in [6, 6.07) is 48.5. The summed E-state index contributed by atoms with van der Waals surface area (Å²) in [7, 11) is -0.677. The molecule has 0 aromatic heterocycles. The molecule has 6 aromatic rings. The van der Waals surface area contributed by atoms with Crippen LogP contribution < -0.4 is 46.0 Å². The molecule has 6 aromatic carbocycles. The normalized spacial score (nSPS) is 11.3. The summed E-state index contributed by atoms with van der Waals surface area (Å²) >= 11 is 0. The number of hydrogen-bond acceptors (Lipinski definition) is 0. The number of rotatable bonds is 4. The predicted octanol–water partition coefficient (Wildman–Crippen LogP) is 3.59. The van der Waals surface area contributed by atoms with Gasteiger partial charge in [-0.2, -0.15) is 12.1 Å². The van der Waals surface area contributed by atoms with Gasteiger partial charge in [0.25, 0.3) is 0 Å². The minimum absolute atomic E-state index is 0. The Morgan fingerprint density at radius 3 is 1.21 bits per heavy atom. The zero-order valence-electron chi connectivity index (χ0n) is 25.9. The van der Waals surface area contributed by atoms with Crippen molar-refractivity contribution < 1.29 is 50.7 Å². The molecular weight excluding hydrogens is 768 g/mol. The molecule has 0 radical (unpaired) electrons. The van der Waals surface area contributed by atoms with Gasteiger partial charge in [0, 0.05) is 0 Å². The van der Waals surface area contributed by atoms with Crippen LogP contribution in [0.2, 0.25) is 0 Å². The molecule has 0 amide bonds. The van der Waals surface area contributed by atoms with E-state index >= 15 is 0 Å². The van der Waals surface area contributed by atoms with Crippen LogP contribution >= 0.6 is 15.8 Å². The first-order valence-electron chi connectivity index (χ1n) is 14.1. The third-order valence-electron chi connectivity index (χ3n) is 7.09. The molecule has 5 heteroatoms. The van der Waals surface area contributed by atoms with Gasteiger partial charge < -0.3 is 24.8 Å². The fourth-order valence-corrected chi connectivity index (χ4v) is 12.4. The molecule has 0 nitrogen and oxygen atoms in total. The second-order valence-electron chi connectivity index (χ2n) is 12.4. The van der Waals surface area contributed by atoms with Gasteiger partial charge in [-0.15, -0.1) is 80.7 Å². The number of fused-ring (bicyclic) bond motifs is 2. The molecule has 0 bridgehead atoms. The van der Waals surface area contributed by atoms with E-state index in [0.29, 0.717) is 10.3 Å². The summed E-state index contributed by atoms with van der Waals surface area (Å²) < 4.78 is 0. The van der Waals surface area contributed by atoms with Crippen molar-refractivity contribution in [2.75, 3.05) is 0 Å². The van der Waals surface area contributed by atoms with Crippen molar-refractivity contribution in [2.24, 2.45) is 0 Å². The van der Waals surface area contributed by atoms with Crippen LogP contribution in [0.5, 0.6) is 0 Å². The Labute approximate surface area is 292 Å². The fourth-order valence-electron chi connectivity index (χ4n) is 5.91. The predicted molar refractivity (Wildman–Crippen MR) is 184 cm³/mol. The van der Waals surface area contributed by atoms with Crippen LogP contribution in [-0.4, -0.2) is 10.3 Å². The third-order valence-corrected chi connectivity index (χ3v) is 13.0. The van der Waals surface area contributed by atoms with Crippen LogP contribution in [-0.2, 0) is 25.8 Å². The molecule has 0 atom stereocenters. The molecule has 0 heterocycles. The molecule has 0 aliphatic rings. The van der Waals surface area contributed by atoms with Gasteiger partial charge in [-0.25, -0.2) is 0 Å². The summed E-state index contributed by atoms with van der Waals surface area (Å²) in [5.41, 5.74) is 0. The first-order chi connectivity index (χ1) is 19.1. The smallest absolute Gasteiger partial charge is 1.00 e. The van der Waals surface area contributed by atoms with E-state index in [1.54, 1.807) is 5.30 Å². The van der Waals surface area contributed by atoms with Gasteiger partial charge in [0.15, 0.2) is 0 Å². The Hall–Kier alpha value is -1.59. The van der Waals surface area contributed by atoms with Crippen molar-refractivity contribution in [3.05, 3.63) is 133 Å². The topological polar surface area (TPSA) is 0 Å². The molecule has 0 aliphatic heterocycles. The van der Waals surface area contributed by atoms with E-state index in [1.165, 1.54) is 37.5 Å². The van der Waals surface area contributed by atoms with Crippen LogP contribution in [0.1, 0.15) is 41.5 Å². The van der Waals surface area contributed by atoms with Crippen LogP contribution in [0, 0.1) is 0 Å². The molecule has 220 valence electrons. The molecule has 0 saturated heterocycles. The van der Waals surface area contributed by atoms with Gasteiger partial charge in [-0.05, 0) is 28.8 Å². The second-order valence-corrected chi connectivity index (χ2v) is 18.5. The van der Waals surface area contributed by atoms with Crippen molar-refractivity contribution in [1.82, 2.24) is 0 Å². The molecule has 0 fully saturated rings. The minimum Gasteiger partial charge on any atom is -1.00 e. The molecule has 0 unspecified atom stereocenters. The third kappa shape index (κ3) is 9.22. The Kier molecular flexibility index (Phi) is 14.1. The minimum atomic E-state index is -0.493. The standard InChI is InChI=1S/C21H16P.C17H24P.2ClH.Hf/c1-3-11-19(12-4-1)22(20-13-5-2-6-14-20)21-15-17-9-7-8-10-18(17)16-21;1-16(2,3)18(17(4,5)6)15-11-13-9-7-8-10-14(13)12-15;;;/h1-16H;7-12H,1-6H3;2*1H;/q2*-1;;;+4/p-2. The first-order valence-corrected chi connectivity index (χ1v) is 16.8. The molecule has 0 saturated carbocycles. The van der Waals surface area contributed by atoms with Crippen LogP contribution in [0.15, 0.2) is 133 Å². The monoisotopic (exact) mass is 808 g/mol. The van der Waals surface area contributed by atoms with Crippen molar-refractivity contribution in [2.45, 2.75) is 51.9 Å². The zero-order chi connectivity index (χ0) is 28.3. The maximum absolute atomic E-state index is 2.40. The van der Waals surface area contributed by atoms with E-state index in [0.717, 1.165) is 0 Å². The van der Waals surface area contributed by atoms with Gasteiger partial charge in [0.05, 0.1) is 0 Å². The Balaban J connectivity index is 0.000000286. The van der Waals surface area contributed by atoms with Crippen LogP contribution in [0.4, 0.5) is 0 Å². The van der Waals surface area contributed by atoms with Crippen LogP contribution in [0.3, 0.4) is 0 Å². The molecule has 0 aliphatic carbocycles. The Morgan fingerprint density at radius 2 is 0.814 bits per heavy atom. The van der Waals surface area contributed by atoms with Crippen molar-refractivity contribution in [3.8, 4) is 0 Å². The Morgan fingerprint density at radius 1 is 0.465 bits per heavy atom. The maximum atomic E-state index is 2.40. The summed E-state index contributed by atoms with van der Waals surface area (Å²) in [5, 5.41) is 11.9. The maximum Gasteiger partial charge on any atom is 4.00 e. The molecule has 0 spiro atoms. The van der Waals surface area contributed by atoms with E-state index in [4.69, 9.17) is 0 Å². The quantitative estimate of drug-likeness (QED) is 0.145. The van der Waals surface area contributed by atoms with Crippen molar-refractivity contribution in [1.29, 1.82) is 0 Å². The average molecular weight is 808 g/mol. The van der Waals surface area contributed by atoms with Gasteiger partial charge in [-0.3, -0.25) is 0 Å². The summed E-state index contributed by atoms with van der Waals surface area (Å²) in [5.74, 6) is 0. The Bertz CT molecular complexity index is 1560. The zero-order valence-corrected chi connectivity index (χ0v) is 32.7. The van der Waals surface area contributed by atoms with E-state index in [2.05, 4.69) is 175 Å². The van der Waals surface area contributed by atoms with Gasteiger partial charge in [-0.1, -0.05) is 122 Å².